The van der Waals surface area contributed by atoms with Crippen LogP contribution in [0.15, 0.2) is 71.5 Å². The summed E-state index contributed by atoms with van der Waals surface area (Å²) < 4.78 is 1.55. The van der Waals surface area contributed by atoms with E-state index in [4.69, 9.17) is 16.6 Å². The minimum Gasteiger partial charge on any atom is -0.342 e. The molecule has 1 unspecified atom stereocenters. The van der Waals surface area contributed by atoms with Crippen LogP contribution in [-0.4, -0.2) is 15.5 Å². The van der Waals surface area contributed by atoms with Gasteiger partial charge in [0.2, 0.25) is 0 Å². The van der Waals surface area contributed by atoms with Gasteiger partial charge >= 0.3 is 0 Å². The molecule has 0 radical (unpaired) electrons. The number of hydrogen-bond acceptors (Lipinski definition) is 3. The van der Waals surface area contributed by atoms with Crippen molar-refractivity contribution in [3.05, 3.63) is 105 Å². The summed E-state index contributed by atoms with van der Waals surface area (Å²) in [6.07, 6.45) is 0.512. The summed E-state index contributed by atoms with van der Waals surface area (Å²) in [5, 5.41) is 4.01. The highest BCUT2D eigenvalue weighted by Gasteiger charge is 2.30. The van der Waals surface area contributed by atoms with E-state index in [1.54, 1.807) is 22.8 Å². The molecule has 0 fully saturated rings. The lowest BCUT2D eigenvalue weighted by atomic mass is 10.0. The molecule has 0 aliphatic carbocycles. The van der Waals surface area contributed by atoms with Crippen LogP contribution in [-0.2, 0) is 6.42 Å². The maximum atomic E-state index is 13.6. The van der Waals surface area contributed by atoms with Crippen LogP contribution in [0.3, 0.4) is 0 Å². The second-order valence-corrected chi connectivity index (χ2v) is 7.94. The first kappa shape index (κ1) is 18.6. The van der Waals surface area contributed by atoms with Crippen molar-refractivity contribution >= 4 is 28.4 Å². The fraction of sp³-hybridized carbons (Fsp3) is 0.125. The molecule has 4 aromatic rings. The van der Waals surface area contributed by atoms with Crippen molar-refractivity contribution in [2.75, 3.05) is 0 Å². The predicted octanol–water partition coefficient (Wildman–Crippen LogP) is 4.37. The second-order valence-electron chi connectivity index (χ2n) is 7.51. The number of amides is 1. The molecule has 0 saturated heterocycles. The Morgan fingerprint density at radius 1 is 1.03 bits per heavy atom. The number of benzene rings is 3. The Morgan fingerprint density at radius 3 is 2.63 bits per heavy atom. The fourth-order valence-electron chi connectivity index (χ4n) is 3.96. The Kier molecular flexibility index (Phi) is 4.40. The Labute approximate surface area is 178 Å². The molecule has 1 aliphatic rings. The van der Waals surface area contributed by atoms with Gasteiger partial charge in [-0.1, -0.05) is 53.6 Å². The molecule has 1 atom stereocenters. The van der Waals surface area contributed by atoms with E-state index in [9.17, 15) is 9.59 Å². The van der Waals surface area contributed by atoms with Crippen molar-refractivity contribution in [1.29, 1.82) is 0 Å². The van der Waals surface area contributed by atoms with Crippen LogP contribution in [0.4, 0.5) is 0 Å². The van der Waals surface area contributed by atoms with Gasteiger partial charge in [0, 0.05) is 5.02 Å². The Hall–Kier alpha value is -3.44. The molecule has 5 rings (SSSR count). The van der Waals surface area contributed by atoms with Gasteiger partial charge < -0.3 is 5.32 Å². The van der Waals surface area contributed by atoms with Gasteiger partial charge in [-0.05, 0) is 49.2 Å². The zero-order valence-electron chi connectivity index (χ0n) is 16.2. The number of nitrogens with zero attached hydrogens (tertiary/aromatic N) is 2. The molecular formula is C24H18ClN3O2. The smallest absolute Gasteiger partial charge is 0.266 e. The summed E-state index contributed by atoms with van der Waals surface area (Å²) in [4.78, 5) is 31.5. The number of aryl methyl sites for hydroxylation is 1. The first-order valence-corrected chi connectivity index (χ1v) is 10.1. The highest BCUT2D eigenvalue weighted by Crippen LogP contribution is 2.28. The van der Waals surface area contributed by atoms with Crippen molar-refractivity contribution in [3.63, 3.8) is 0 Å². The van der Waals surface area contributed by atoms with Gasteiger partial charge in [0.15, 0.2) is 0 Å². The zero-order chi connectivity index (χ0) is 20.8. The highest BCUT2D eigenvalue weighted by atomic mass is 35.5. The number of fused-ring (bicyclic) bond motifs is 4. The van der Waals surface area contributed by atoms with Crippen LogP contribution in [0.2, 0.25) is 5.02 Å². The minimum atomic E-state index is -0.468. The van der Waals surface area contributed by atoms with Gasteiger partial charge in [-0.3, -0.25) is 14.2 Å². The van der Waals surface area contributed by atoms with Crippen molar-refractivity contribution in [1.82, 2.24) is 14.9 Å². The van der Waals surface area contributed by atoms with E-state index in [0.717, 1.165) is 11.1 Å². The van der Waals surface area contributed by atoms with Gasteiger partial charge in [0.05, 0.1) is 28.2 Å². The third-order valence-electron chi connectivity index (χ3n) is 5.39. The van der Waals surface area contributed by atoms with E-state index in [1.807, 2.05) is 55.5 Å². The molecule has 30 heavy (non-hydrogen) atoms. The summed E-state index contributed by atoms with van der Waals surface area (Å²) >= 11 is 6.16. The van der Waals surface area contributed by atoms with Gasteiger partial charge in [-0.2, -0.15) is 0 Å². The van der Waals surface area contributed by atoms with E-state index >= 15 is 0 Å². The topological polar surface area (TPSA) is 64.0 Å². The van der Waals surface area contributed by atoms with Crippen molar-refractivity contribution in [2.45, 2.75) is 19.4 Å². The monoisotopic (exact) mass is 415 g/mol. The summed E-state index contributed by atoms with van der Waals surface area (Å²) in [6.45, 7) is 1.94. The molecule has 5 nitrogen and oxygen atoms in total. The minimum absolute atomic E-state index is 0.197. The van der Waals surface area contributed by atoms with Gasteiger partial charge in [0.1, 0.15) is 5.82 Å². The average molecular weight is 416 g/mol. The van der Waals surface area contributed by atoms with Crippen LogP contribution >= 0.6 is 11.6 Å². The van der Waals surface area contributed by atoms with Crippen molar-refractivity contribution in [2.24, 2.45) is 0 Å². The fourth-order valence-corrected chi connectivity index (χ4v) is 4.13. The molecule has 2 heterocycles. The van der Waals surface area contributed by atoms with E-state index in [0.29, 0.717) is 39.4 Å². The van der Waals surface area contributed by atoms with Crippen molar-refractivity contribution < 1.29 is 4.79 Å². The van der Waals surface area contributed by atoms with Crippen LogP contribution in [0, 0.1) is 6.92 Å². The molecule has 3 aromatic carbocycles. The summed E-state index contributed by atoms with van der Waals surface area (Å²) in [7, 11) is 0. The maximum absolute atomic E-state index is 13.6. The predicted molar refractivity (Wildman–Crippen MR) is 117 cm³/mol. The number of hydrogen-bond donors (Lipinski definition) is 1. The highest BCUT2D eigenvalue weighted by molar-refractivity contribution is 6.31. The van der Waals surface area contributed by atoms with Crippen LogP contribution in [0.5, 0.6) is 0 Å². The molecular weight excluding hydrogens is 398 g/mol. The third-order valence-corrected chi connectivity index (χ3v) is 5.63. The molecule has 6 heteroatoms. The number of nitrogens with one attached hydrogen (secondary N) is 1. The first-order chi connectivity index (χ1) is 14.5. The van der Waals surface area contributed by atoms with Crippen LogP contribution in [0.1, 0.15) is 33.4 Å². The van der Waals surface area contributed by atoms with Crippen LogP contribution < -0.4 is 10.9 Å². The second kappa shape index (κ2) is 7.11. The molecule has 1 amide bonds. The van der Waals surface area contributed by atoms with Gasteiger partial charge in [-0.25, -0.2) is 4.98 Å². The number of carbonyl (C=O) groups is 1. The summed E-state index contributed by atoms with van der Waals surface area (Å²) in [5.74, 6) is 0.230. The third kappa shape index (κ3) is 3.08. The Balaban J connectivity index is 1.82. The molecule has 1 aliphatic heterocycles. The summed E-state index contributed by atoms with van der Waals surface area (Å²) in [6, 6.07) is 20.0. The lowest BCUT2D eigenvalue weighted by molar-refractivity contribution is 0.0938. The SMILES string of the molecule is Cc1ccc2nc3n(c(=O)c2c1)-c1ccc(Cl)cc1C(=O)NC3Cc1ccccc1. The maximum Gasteiger partial charge on any atom is 0.266 e. The number of rotatable bonds is 2. The molecule has 0 spiro atoms. The Morgan fingerprint density at radius 2 is 1.83 bits per heavy atom. The van der Waals surface area contributed by atoms with E-state index in [1.165, 1.54) is 0 Å². The van der Waals surface area contributed by atoms with E-state index < -0.39 is 6.04 Å². The lowest BCUT2D eigenvalue weighted by Crippen LogP contribution is -2.31. The molecule has 148 valence electrons. The molecule has 1 N–H and O–H groups in total. The summed E-state index contributed by atoms with van der Waals surface area (Å²) in [5.41, 5.74) is 3.27. The van der Waals surface area contributed by atoms with Gasteiger partial charge in [0.25, 0.3) is 11.5 Å². The average Bonchev–Trinajstić information content (AvgIpc) is 2.85. The first-order valence-electron chi connectivity index (χ1n) is 9.69. The lowest BCUT2D eigenvalue weighted by Gasteiger charge is -2.19. The molecule has 1 aromatic heterocycles. The number of halogens is 1. The zero-order valence-corrected chi connectivity index (χ0v) is 17.0. The largest absolute Gasteiger partial charge is 0.342 e. The molecule has 0 bridgehead atoms. The Bertz CT molecular complexity index is 1360. The standard InChI is InChI=1S/C24H18ClN3O2/c1-14-7-9-19-17(11-14)24(30)28-21-10-8-16(25)13-18(21)23(29)27-20(22(28)26-19)12-15-5-3-2-4-6-15/h2-11,13,20H,12H2,1H3,(H,27,29). The van der Waals surface area contributed by atoms with Crippen molar-refractivity contribution in [3.8, 4) is 5.69 Å². The normalized spacial score (nSPS) is 15.3. The number of carbonyl (C=O) groups excluding carboxylic acids is 1. The van der Waals surface area contributed by atoms with Crippen LogP contribution in [0.25, 0.3) is 16.6 Å². The van der Waals surface area contributed by atoms with E-state index in [-0.39, 0.29) is 11.5 Å². The van der Waals surface area contributed by atoms with Gasteiger partial charge in [-0.15, -0.1) is 0 Å². The van der Waals surface area contributed by atoms with E-state index in [2.05, 4.69) is 5.32 Å². The quantitative estimate of drug-likeness (QED) is 0.528. The number of aromatic nitrogens is 2. The molecule has 0 saturated carbocycles.